The SMILES string of the molecule is Cc1ccc(C(=O)c2cc(Br)cc3c2OCC3)cc1. The Balaban J connectivity index is 2.07. The van der Waals surface area contributed by atoms with Crippen LogP contribution < -0.4 is 4.74 Å². The Hall–Kier alpha value is -1.61. The lowest BCUT2D eigenvalue weighted by molar-refractivity contribution is 0.103. The summed E-state index contributed by atoms with van der Waals surface area (Å²) in [5.74, 6) is 0.758. The first-order valence-electron chi connectivity index (χ1n) is 6.22. The third-order valence-corrected chi connectivity index (χ3v) is 3.76. The van der Waals surface area contributed by atoms with E-state index in [0.29, 0.717) is 17.7 Å². The van der Waals surface area contributed by atoms with Gasteiger partial charge < -0.3 is 4.74 Å². The highest BCUT2D eigenvalue weighted by molar-refractivity contribution is 9.10. The number of hydrogen-bond donors (Lipinski definition) is 0. The van der Waals surface area contributed by atoms with E-state index in [1.165, 1.54) is 0 Å². The van der Waals surface area contributed by atoms with Crippen LogP contribution in [-0.2, 0) is 6.42 Å². The zero-order valence-electron chi connectivity index (χ0n) is 10.6. The van der Waals surface area contributed by atoms with E-state index < -0.39 is 0 Å². The summed E-state index contributed by atoms with van der Waals surface area (Å²) in [7, 11) is 0. The smallest absolute Gasteiger partial charge is 0.196 e. The molecule has 0 atom stereocenters. The Kier molecular flexibility index (Phi) is 3.15. The van der Waals surface area contributed by atoms with Gasteiger partial charge in [0.25, 0.3) is 0 Å². The first-order valence-corrected chi connectivity index (χ1v) is 7.01. The third kappa shape index (κ3) is 2.30. The number of carbonyl (C=O) groups is 1. The van der Waals surface area contributed by atoms with Gasteiger partial charge in [0.15, 0.2) is 5.78 Å². The second kappa shape index (κ2) is 4.82. The highest BCUT2D eigenvalue weighted by Gasteiger charge is 2.22. The van der Waals surface area contributed by atoms with Crippen molar-refractivity contribution in [2.45, 2.75) is 13.3 Å². The molecule has 19 heavy (non-hydrogen) atoms. The molecule has 1 aliphatic rings. The maximum Gasteiger partial charge on any atom is 0.196 e. The zero-order valence-corrected chi connectivity index (χ0v) is 12.2. The van der Waals surface area contributed by atoms with Gasteiger partial charge in [-0.1, -0.05) is 45.8 Å². The predicted octanol–water partition coefficient (Wildman–Crippen LogP) is 3.92. The molecule has 0 aromatic heterocycles. The molecule has 2 nitrogen and oxygen atoms in total. The van der Waals surface area contributed by atoms with Crippen molar-refractivity contribution < 1.29 is 9.53 Å². The van der Waals surface area contributed by atoms with E-state index in [0.717, 1.165) is 27.8 Å². The Bertz CT molecular complexity index is 645. The fraction of sp³-hybridized carbons (Fsp3) is 0.188. The van der Waals surface area contributed by atoms with Gasteiger partial charge in [-0.15, -0.1) is 0 Å². The van der Waals surface area contributed by atoms with E-state index in [2.05, 4.69) is 15.9 Å². The Morgan fingerprint density at radius 1 is 1.21 bits per heavy atom. The van der Waals surface area contributed by atoms with Crippen molar-refractivity contribution in [2.24, 2.45) is 0 Å². The number of halogens is 1. The van der Waals surface area contributed by atoms with E-state index in [1.807, 2.05) is 43.3 Å². The molecule has 0 bridgehead atoms. The number of benzene rings is 2. The number of aryl methyl sites for hydroxylation is 1. The molecule has 2 aromatic rings. The zero-order chi connectivity index (χ0) is 13.4. The summed E-state index contributed by atoms with van der Waals surface area (Å²) >= 11 is 3.46. The molecule has 3 heteroatoms. The topological polar surface area (TPSA) is 26.3 Å². The van der Waals surface area contributed by atoms with E-state index in [1.54, 1.807) is 0 Å². The van der Waals surface area contributed by atoms with Crippen LogP contribution in [0.25, 0.3) is 0 Å². The Labute approximate surface area is 120 Å². The minimum absolute atomic E-state index is 0.0134. The van der Waals surface area contributed by atoms with Gasteiger partial charge in [-0.2, -0.15) is 0 Å². The molecule has 0 radical (unpaired) electrons. The molecule has 0 fully saturated rings. The first-order chi connectivity index (χ1) is 9.15. The maximum absolute atomic E-state index is 12.6. The quantitative estimate of drug-likeness (QED) is 0.785. The average molecular weight is 317 g/mol. The van der Waals surface area contributed by atoms with Crippen LogP contribution >= 0.6 is 15.9 Å². The maximum atomic E-state index is 12.6. The summed E-state index contributed by atoms with van der Waals surface area (Å²) in [6, 6.07) is 11.5. The molecule has 0 amide bonds. The van der Waals surface area contributed by atoms with Gasteiger partial charge in [0, 0.05) is 16.5 Å². The predicted molar refractivity (Wildman–Crippen MR) is 78.0 cm³/mol. The molecule has 0 unspecified atom stereocenters. The second-order valence-corrected chi connectivity index (χ2v) is 5.65. The van der Waals surface area contributed by atoms with E-state index in [9.17, 15) is 4.79 Å². The standard InChI is InChI=1S/C16H13BrO2/c1-10-2-4-11(5-3-10)15(18)14-9-13(17)8-12-6-7-19-16(12)14/h2-5,8-9H,6-7H2,1H3. The summed E-state index contributed by atoms with van der Waals surface area (Å²) in [5.41, 5.74) is 3.59. The van der Waals surface area contributed by atoms with Crippen molar-refractivity contribution in [1.82, 2.24) is 0 Å². The number of carbonyl (C=O) groups excluding carboxylic acids is 1. The lowest BCUT2D eigenvalue weighted by Crippen LogP contribution is -2.04. The molecule has 0 aliphatic carbocycles. The van der Waals surface area contributed by atoms with Gasteiger partial charge in [-0.25, -0.2) is 0 Å². The molecule has 96 valence electrons. The van der Waals surface area contributed by atoms with Gasteiger partial charge in [-0.3, -0.25) is 4.79 Å². The average Bonchev–Trinajstić information content (AvgIpc) is 2.85. The highest BCUT2D eigenvalue weighted by atomic mass is 79.9. The number of ether oxygens (including phenoxy) is 1. The summed E-state index contributed by atoms with van der Waals surface area (Å²) < 4.78 is 6.53. The van der Waals surface area contributed by atoms with Crippen LogP contribution in [0, 0.1) is 6.92 Å². The van der Waals surface area contributed by atoms with Crippen molar-refractivity contribution in [3.63, 3.8) is 0 Å². The first kappa shape index (κ1) is 12.4. The summed E-state index contributed by atoms with van der Waals surface area (Å²) in [6.07, 6.45) is 0.864. The van der Waals surface area contributed by atoms with Crippen LogP contribution in [-0.4, -0.2) is 12.4 Å². The Morgan fingerprint density at radius 3 is 2.68 bits per heavy atom. The third-order valence-electron chi connectivity index (χ3n) is 3.31. The second-order valence-electron chi connectivity index (χ2n) is 4.74. The van der Waals surface area contributed by atoms with Crippen LogP contribution in [0.4, 0.5) is 0 Å². The summed E-state index contributed by atoms with van der Waals surface area (Å²) in [5, 5.41) is 0. The molecular formula is C16H13BrO2. The van der Waals surface area contributed by atoms with Gasteiger partial charge in [0.05, 0.1) is 12.2 Å². The fourth-order valence-electron chi connectivity index (χ4n) is 2.30. The monoisotopic (exact) mass is 316 g/mol. The van der Waals surface area contributed by atoms with Gasteiger partial charge in [0.1, 0.15) is 5.75 Å². The van der Waals surface area contributed by atoms with Crippen LogP contribution in [0.15, 0.2) is 40.9 Å². The van der Waals surface area contributed by atoms with Crippen LogP contribution in [0.1, 0.15) is 27.0 Å². The molecule has 2 aromatic carbocycles. The molecule has 3 rings (SSSR count). The molecule has 0 saturated carbocycles. The van der Waals surface area contributed by atoms with Crippen molar-refractivity contribution in [3.8, 4) is 5.75 Å². The number of fused-ring (bicyclic) bond motifs is 1. The Morgan fingerprint density at radius 2 is 1.95 bits per heavy atom. The minimum Gasteiger partial charge on any atom is -0.492 e. The number of rotatable bonds is 2. The number of hydrogen-bond acceptors (Lipinski definition) is 2. The molecule has 1 aliphatic heterocycles. The molecule has 0 saturated heterocycles. The molecule has 0 spiro atoms. The largest absolute Gasteiger partial charge is 0.492 e. The van der Waals surface area contributed by atoms with Crippen molar-refractivity contribution in [1.29, 1.82) is 0 Å². The fourth-order valence-corrected chi connectivity index (χ4v) is 2.80. The van der Waals surface area contributed by atoms with Crippen molar-refractivity contribution in [2.75, 3.05) is 6.61 Å². The van der Waals surface area contributed by atoms with Crippen LogP contribution in [0.5, 0.6) is 5.75 Å². The van der Waals surface area contributed by atoms with Gasteiger partial charge in [0.2, 0.25) is 0 Å². The molecule has 0 N–H and O–H groups in total. The van der Waals surface area contributed by atoms with Gasteiger partial charge >= 0.3 is 0 Å². The summed E-state index contributed by atoms with van der Waals surface area (Å²) in [4.78, 5) is 12.6. The summed E-state index contributed by atoms with van der Waals surface area (Å²) in [6.45, 7) is 2.66. The highest BCUT2D eigenvalue weighted by Crippen LogP contribution is 2.34. The van der Waals surface area contributed by atoms with Crippen LogP contribution in [0.3, 0.4) is 0 Å². The van der Waals surface area contributed by atoms with Crippen molar-refractivity contribution >= 4 is 21.7 Å². The number of ketones is 1. The lowest BCUT2D eigenvalue weighted by Gasteiger charge is -2.08. The van der Waals surface area contributed by atoms with Gasteiger partial charge in [-0.05, 0) is 24.6 Å². The molecule has 1 heterocycles. The normalized spacial score (nSPS) is 12.9. The van der Waals surface area contributed by atoms with E-state index in [-0.39, 0.29) is 5.78 Å². The van der Waals surface area contributed by atoms with E-state index >= 15 is 0 Å². The van der Waals surface area contributed by atoms with E-state index in [4.69, 9.17) is 4.74 Å². The van der Waals surface area contributed by atoms with Crippen LogP contribution in [0.2, 0.25) is 0 Å². The molecular weight excluding hydrogens is 304 g/mol. The lowest BCUT2D eigenvalue weighted by atomic mass is 9.99. The van der Waals surface area contributed by atoms with Crippen molar-refractivity contribution in [3.05, 3.63) is 63.1 Å². The minimum atomic E-state index is 0.0134.